The third-order valence-corrected chi connectivity index (χ3v) is 3.22. The smallest absolute Gasteiger partial charge is 0.360 e. The number of rotatable bonds is 3. The fourth-order valence-corrected chi connectivity index (χ4v) is 2.15. The van der Waals surface area contributed by atoms with Crippen molar-refractivity contribution in [1.29, 1.82) is 0 Å². The molecule has 0 saturated heterocycles. The number of carboxylic acid groups (broad SMARTS) is 1. The number of pyridine rings is 2. The van der Waals surface area contributed by atoms with Gasteiger partial charge in [-0.25, -0.2) is 9.78 Å². The number of aliphatic carboxylic acids is 1. The number of hydrogen-bond acceptors (Lipinski definition) is 4. The van der Waals surface area contributed by atoms with E-state index in [1.165, 1.54) is 6.08 Å². The molecule has 6 heteroatoms. The lowest BCUT2D eigenvalue weighted by atomic mass is 10.3. The monoisotopic (exact) mass is 281 g/mol. The Labute approximate surface area is 121 Å². The first-order valence-corrected chi connectivity index (χ1v) is 6.37. The standard InChI is InChI=1S/C15H12N4O2/c1-11-4-5-14(17-9-11)19(12-3-2-7-16-10-12)8-6-13(18-19)15(20)21/h2-10H,1H3/p+1. The Balaban J connectivity index is 2.20. The molecule has 0 spiro atoms. The van der Waals surface area contributed by atoms with Gasteiger partial charge in [0.05, 0.1) is 6.20 Å². The molecular formula is C15H13N4O2+. The second kappa shape index (κ2) is 4.92. The van der Waals surface area contributed by atoms with Crippen LogP contribution in [-0.2, 0) is 4.79 Å². The maximum Gasteiger partial charge on any atom is 0.360 e. The van der Waals surface area contributed by atoms with Crippen LogP contribution in [0.2, 0.25) is 0 Å². The molecular weight excluding hydrogens is 268 g/mol. The molecule has 1 atom stereocenters. The molecule has 0 saturated carbocycles. The van der Waals surface area contributed by atoms with Gasteiger partial charge in [-0.2, -0.15) is 0 Å². The van der Waals surface area contributed by atoms with Crippen molar-refractivity contribution in [2.45, 2.75) is 6.92 Å². The molecule has 0 amide bonds. The zero-order valence-electron chi connectivity index (χ0n) is 11.3. The van der Waals surface area contributed by atoms with Gasteiger partial charge in [0.2, 0.25) is 5.71 Å². The molecule has 21 heavy (non-hydrogen) atoms. The first-order valence-electron chi connectivity index (χ1n) is 6.37. The number of aryl methyl sites for hydroxylation is 1. The van der Waals surface area contributed by atoms with Crippen molar-refractivity contribution in [2.75, 3.05) is 0 Å². The molecule has 1 N–H and O–H groups in total. The number of hydrogen-bond donors (Lipinski definition) is 1. The van der Waals surface area contributed by atoms with Crippen LogP contribution in [0.5, 0.6) is 0 Å². The quantitative estimate of drug-likeness (QED) is 0.876. The summed E-state index contributed by atoms with van der Waals surface area (Å²) < 4.78 is -0.129. The molecule has 0 bridgehead atoms. The Morgan fingerprint density at radius 2 is 2.10 bits per heavy atom. The van der Waals surface area contributed by atoms with Crippen LogP contribution in [-0.4, -0.2) is 26.8 Å². The summed E-state index contributed by atoms with van der Waals surface area (Å²) in [5, 5.41) is 13.5. The lowest BCUT2D eigenvalue weighted by Crippen LogP contribution is -2.31. The molecule has 3 heterocycles. The topological polar surface area (TPSA) is 75.4 Å². The van der Waals surface area contributed by atoms with Gasteiger partial charge in [-0.05, 0) is 24.6 Å². The van der Waals surface area contributed by atoms with Gasteiger partial charge in [0.15, 0.2) is 5.69 Å². The highest BCUT2D eigenvalue weighted by Gasteiger charge is 2.39. The summed E-state index contributed by atoms with van der Waals surface area (Å²) in [6.45, 7) is 1.94. The molecule has 0 aliphatic carbocycles. The van der Waals surface area contributed by atoms with Crippen LogP contribution in [0, 0.1) is 6.92 Å². The van der Waals surface area contributed by atoms with Gasteiger partial charge < -0.3 is 5.11 Å². The Hall–Kier alpha value is -2.86. The summed E-state index contributed by atoms with van der Waals surface area (Å²) in [6, 6.07) is 7.38. The highest BCUT2D eigenvalue weighted by Crippen LogP contribution is 2.36. The van der Waals surface area contributed by atoms with Crippen molar-refractivity contribution < 1.29 is 9.90 Å². The largest absolute Gasteiger partial charge is 0.476 e. The normalized spacial score (nSPS) is 20.3. The Morgan fingerprint density at radius 1 is 1.24 bits per heavy atom. The van der Waals surface area contributed by atoms with Crippen molar-refractivity contribution >= 4 is 23.2 Å². The van der Waals surface area contributed by atoms with Gasteiger partial charge in [0, 0.05) is 30.6 Å². The number of carboxylic acids is 1. The van der Waals surface area contributed by atoms with Crippen molar-refractivity contribution in [3.8, 4) is 0 Å². The van der Waals surface area contributed by atoms with Gasteiger partial charge in [-0.3, -0.25) is 4.98 Å². The molecule has 3 rings (SSSR count). The fourth-order valence-electron chi connectivity index (χ4n) is 2.15. The number of quaternary nitrogens is 1. The maximum atomic E-state index is 11.2. The van der Waals surface area contributed by atoms with Crippen LogP contribution >= 0.6 is 0 Å². The molecule has 2 aromatic rings. The van der Waals surface area contributed by atoms with E-state index in [0.29, 0.717) is 5.82 Å². The van der Waals surface area contributed by atoms with Crippen molar-refractivity contribution in [2.24, 2.45) is 5.10 Å². The SMILES string of the molecule is Cc1ccc([N+]2(c3cccnc3)C=CC(C(=O)O)=N2)nc1. The predicted octanol–water partition coefficient (Wildman–Crippen LogP) is 2.39. The second-order valence-electron chi connectivity index (χ2n) is 4.70. The zero-order chi connectivity index (χ0) is 14.9. The summed E-state index contributed by atoms with van der Waals surface area (Å²) in [5.74, 6) is -0.455. The van der Waals surface area contributed by atoms with Crippen LogP contribution < -0.4 is 4.59 Å². The molecule has 2 aromatic heterocycles. The first-order chi connectivity index (χ1) is 10.1. The van der Waals surface area contributed by atoms with Gasteiger partial charge in [0.1, 0.15) is 6.20 Å². The van der Waals surface area contributed by atoms with E-state index in [2.05, 4.69) is 15.1 Å². The Kier molecular flexibility index (Phi) is 3.08. The minimum absolute atomic E-state index is 0.0128. The summed E-state index contributed by atoms with van der Waals surface area (Å²) in [5.41, 5.74) is 1.73. The molecule has 1 aliphatic rings. The zero-order valence-corrected chi connectivity index (χ0v) is 11.3. The Bertz CT molecular complexity index is 738. The van der Waals surface area contributed by atoms with E-state index in [1.807, 2.05) is 25.1 Å². The average Bonchev–Trinajstić information content (AvgIpc) is 2.96. The highest BCUT2D eigenvalue weighted by molar-refractivity contribution is 6.41. The van der Waals surface area contributed by atoms with E-state index < -0.39 is 5.97 Å². The minimum atomic E-state index is -1.07. The summed E-state index contributed by atoms with van der Waals surface area (Å²) in [6.07, 6.45) is 8.22. The van der Waals surface area contributed by atoms with Crippen LogP contribution in [0.15, 0.2) is 60.2 Å². The molecule has 6 nitrogen and oxygen atoms in total. The van der Waals surface area contributed by atoms with Crippen molar-refractivity contribution in [3.05, 3.63) is 60.7 Å². The number of aromatic nitrogens is 2. The van der Waals surface area contributed by atoms with Crippen LogP contribution in [0.1, 0.15) is 5.56 Å². The number of nitrogens with zero attached hydrogens (tertiary/aromatic N) is 4. The lowest BCUT2D eigenvalue weighted by molar-refractivity contribution is -0.129. The predicted molar refractivity (Wildman–Crippen MR) is 78.9 cm³/mol. The van der Waals surface area contributed by atoms with Crippen LogP contribution in [0.25, 0.3) is 0 Å². The van der Waals surface area contributed by atoms with E-state index in [1.54, 1.807) is 30.9 Å². The Morgan fingerprint density at radius 3 is 2.67 bits per heavy atom. The van der Waals surface area contributed by atoms with Gasteiger partial charge >= 0.3 is 5.97 Å². The molecule has 1 aliphatic heterocycles. The average molecular weight is 281 g/mol. The highest BCUT2D eigenvalue weighted by atomic mass is 16.4. The third-order valence-electron chi connectivity index (χ3n) is 3.22. The summed E-state index contributed by atoms with van der Waals surface area (Å²) in [4.78, 5) is 19.7. The van der Waals surface area contributed by atoms with E-state index in [4.69, 9.17) is 5.11 Å². The summed E-state index contributed by atoms with van der Waals surface area (Å²) in [7, 11) is 0. The molecule has 104 valence electrons. The van der Waals surface area contributed by atoms with E-state index >= 15 is 0 Å². The second-order valence-corrected chi connectivity index (χ2v) is 4.70. The fraction of sp³-hybridized carbons (Fsp3) is 0.0667. The maximum absolute atomic E-state index is 11.2. The van der Waals surface area contributed by atoms with Crippen molar-refractivity contribution in [3.63, 3.8) is 0 Å². The van der Waals surface area contributed by atoms with Gasteiger partial charge in [0.25, 0.3) is 5.82 Å². The van der Waals surface area contributed by atoms with Crippen molar-refractivity contribution in [1.82, 2.24) is 14.6 Å². The third kappa shape index (κ3) is 2.21. The molecule has 0 fully saturated rings. The van der Waals surface area contributed by atoms with Gasteiger partial charge in [-0.15, -0.1) is 0 Å². The van der Waals surface area contributed by atoms with Crippen LogP contribution in [0.3, 0.4) is 0 Å². The first kappa shape index (κ1) is 13.1. The van der Waals surface area contributed by atoms with Crippen LogP contribution in [0.4, 0.5) is 11.5 Å². The van der Waals surface area contributed by atoms with Gasteiger partial charge in [-0.1, -0.05) is 9.69 Å². The number of carbonyl (C=O) groups is 1. The molecule has 0 radical (unpaired) electrons. The van der Waals surface area contributed by atoms with E-state index in [0.717, 1.165) is 11.3 Å². The van der Waals surface area contributed by atoms with E-state index in [9.17, 15) is 4.79 Å². The lowest BCUT2D eigenvalue weighted by Gasteiger charge is -2.23. The molecule has 0 aromatic carbocycles. The van der Waals surface area contributed by atoms with E-state index in [-0.39, 0.29) is 10.3 Å². The minimum Gasteiger partial charge on any atom is -0.476 e. The summed E-state index contributed by atoms with van der Waals surface area (Å²) >= 11 is 0. The molecule has 1 unspecified atom stereocenters.